The number of benzene rings is 2. The maximum atomic E-state index is 13.0. The van der Waals surface area contributed by atoms with Crippen LogP contribution in [0.15, 0.2) is 48.5 Å². The van der Waals surface area contributed by atoms with Gasteiger partial charge in [0.25, 0.3) is 5.91 Å². The van der Waals surface area contributed by atoms with Crippen LogP contribution in [0.2, 0.25) is 0 Å². The van der Waals surface area contributed by atoms with E-state index in [1.54, 1.807) is 12.1 Å². The summed E-state index contributed by atoms with van der Waals surface area (Å²) in [5.41, 5.74) is 3.03. The first-order valence-electron chi connectivity index (χ1n) is 9.22. The van der Waals surface area contributed by atoms with Crippen molar-refractivity contribution < 1.29 is 9.59 Å². The van der Waals surface area contributed by atoms with E-state index < -0.39 is 0 Å². The number of anilines is 2. The third kappa shape index (κ3) is 3.82. The number of likely N-dealkylation sites (N-methyl/N-ethyl adjacent to an activating group) is 1. The van der Waals surface area contributed by atoms with Gasteiger partial charge in [-0.15, -0.1) is 0 Å². The largest absolute Gasteiger partial charge is 0.361 e. The molecule has 2 aromatic rings. The molecule has 0 saturated heterocycles. The van der Waals surface area contributed by atoms with Gasteiger partial charge in [0.15, 0.2) is 0 Å². The van der Waals surface area contributed by atoms with Gasteiger partial charge in [0.1, 0.15) is 6.04 Å². The molecule has 1 aliphatic rings. The summed E-state index contributed by atoms with van der Waals surface area (Å²) < 4.78 is 0. The highest BCUT2D eigenvalue weighted by Gasteiger charge is 2.30. The summed E-state index contributed by atoms with van der Waals surface area (Å²) in [6.45, 7) is 8.17. The molecule has 0 radical (unpaired) electrons. The number of rotatable bonds is 3. The van der Waals surface area contributed by atoms with E-state index >= 15 is 0 Å². The van der Waals surface area contributed by atoms with Gasteiger partial charge in [-0.1, -0.05) is 51.1 Å². The van der Waals surface area contributed by atoms with E-state index in [1.807, 2.05) is 55.3 Å². The lowest BCUT2D eigenvalue weighted by Gasteiger charge is -2.34. The van der Waals surface area contributed by atoms with Gasteiger partial charge in [-0.3, -0.25) is 9.59 Å². The minimum absolute atomic E-state index is 0.0700. The highest BCUT2D eigenvalue weighted by Crippen LogP contribution is 2.34. The summed E-state index contributed by atoms with van der Waals surface area (Å²) in [7, 11) is 1.88. The Morgan fingerprint density at radius 1 is 1.15 bits per heavy atom. The van der Waals surface area contributed by atoms with E-state index in [2.05, 4.69) is 31.4 Å². The third-order valence-corrected chi connectivity index (χ3v) is 5.13. The van der Waals surface area contributed by atoms with Gasteiger partial charge in [-0.25, -0.2) is 0 Å². The predicted octanol–water partition coefficient (Wildman–Crippen LogP) is 3.98. The second kappa shape index (κ2) is 7.06. The van der Waals surface area contributed by atoms with Crippen molar-refractivity contribution in [1.29, 1.82) is 0 Å². The summed E-state index contributed by atoms with van der Waals surface area (Å²) in [4.78, 5) is 27.0. The van der Waals surface area contributed by atoms with Crippen LogP contribution in [-0.4, -0.2) is 24.9 Å². The van der Waals surface area contributed by atoms with Crippen LogP contribution in [0.1, 0.15) is 49.7 Å². The number of nitrogens with zero attached hydrogens (tertiary/aromatic N) is 1. The Morgan fingerprint density at radius 3 is 2.44 bits per heavy atom. The fraction of sp³-hybridized carbons (Fsp3) is 0.364. The van der Waals surface area contributed by atoms with Crippen LogP contribution in [0.4, 0.5) is 11.4 Å². The zero-order valence-electron chi connectivity index (χ0n) is 16.5. The van der Waals surface area contributed by atoms with E-state index in [9.17, 15) is 9.59 Å². The van der Waals surface area contributed by atoms with Gasteiger partial charge in [0, 0.05) is 12.6 Å². The van der Waals surface area contributed by atoms with Crippen LogP contribution in [0.3, 0.4) is 0 Å². The lowest BCUT2D eigenvalue weighted by Crippen LogP contribution is -2.44. The molecule has 3 rings (SSSR count). The third-order valence-electron chi connectivity index (χ3n) is 5.13. The van der Waals surface area contributed by atoms with Crippen LogP contribution in [0.25, 0.3) is 0 Å². The molecule has 0 saturated carbocycles. The molecule has 5 nitrogen and oxygen atoms in total. The van der Waals surface area contributed by atoms with Crippen LogP contribution in [-0.2, 0) is 4.79 Å². The molecular formula is C22H27N3O2. The topological polar surface area (TPSA) is 61.4 Å². The van der Waals surface area contributed by atoms with Crippen LogP contribution >= 0.6 is 0 Å². The zero-order valence-corrected chi connectivity index (χ0v) is 16.5. The quantitative estimate of drug-likeness (QED) is 0.865. The van der Waals surface area contributed by atoms with Gasteiger partial charge in [-0.05, 0) is 36.1 Å². The van der Waals surface area contributed by atoms with E-state index in [0.29, 0.717) is 11.3 Å². The van der Waals surface area contributed by atoms with Crippen molar-refractivity contribution in [2.24, 2.45) is 5.41 Å². The average Bonchev–Trinajstić information content (AvgIpc) is 2.63. The molecule has 27 heavy (non-hydrogen) atoms. The zero-order chi connectivity index (χ0) is 19.8. The van der Waals surface area contributed by atoms with Crippen molar-refractivity contribution in [1.82, 2.24) is 5.32 Å². The number of fused-ring (bicyclic) bond motifs is 1. The summed E-state index contributed by atoms with van der Waals surface area (Å²) in [5, 5.41) is 6.05. The number of hydrogen-bond acceptors (Lipinski definition) is 3. The monoisotopic (exact) mass is 365 g/mol. The average molecular weight is 365 g/mol. The van der Waals surface area contributed by atoms with E-state index in [-0.39, 0.29) is 29.3 Å². The Balaban J connectivity index is 1.88. The summed E-state index contributed by atoms with van der Waals surface area (Å²) >= 11 is 0. The summed E-state index contributed by atoms with van der Waals surface area (Å²) in [6, 6.07) is 15.1. The van der Waals surface area contributed by atoms with Crippen molar-refractivity contribution in [3.63, 3.8) is 0 Å². The highest BCUT2D eigenvalue weighted by molar-refractivity contribution is 6.05. The predicted molar refractivity (Wildman–Crippen MR) is 109 cm³/mol. The van der Waals surface area contributed by atoms with Crippen LogP contribution in [0, 0.1) is 5.41 Å². The number of hydrogen-bond donors (Lipinski definition) is 2. The second-order valence-corrected chi connectivity index (χ2v) is 8.19. The standard InChI is InChI=1S/C22H27N3O2/c1-14-20(26)23-17-13-16(11-12-18(17)25(14)5)21(27)24-19(22(2,3)4)15-9-7-6-8-10-15/h6-14,19H,1-5H3,(H,23,26)(H,24,27)/t14-,19+/m0/s1. The van der Waals surface area contributed by atoms with E-state index in [4.69, 9.17) is 0 Å². The Morgan fingerprint density at radius 2 is 1.81 bits per heavy atom. The number of nitrogens with one attached hydrogen (secondary N) is 2. The highest BCUT2D eigenvalue weighted by atomic mass is 16.2. The first kappa shape index (κ1) is 19.0. The molecule has 1 aliphatic heterocycles. The molecular weight excluding hydrogens is 338 g/mol. The van der Waals surface area contributed by atoms with Gasteiger partial charge in [-0.2, -0.15) is 0 Å². The minimum atomic E-state index is -0.236. The maximum absolute atomic E-state index is 13.0. The summed E-state index contributed by atoms with van der Waals surface area (Å²) in [5.74, 6) is -0.225. The van der Waals surface area contributed by atoms with Crippen LogP contribution in [0.5, 0.6) is 0 Å². The SMILES string of the molecule is C[C@H]1C(=O)Nc2cc(C(=O)N[C@H](c3ccccc3)C(C)(C)C)ccc2N1C. The van der Waals surface area contributed by atoms with Crippen LogP contribution < -0.4 is 15.5 Å². The molecule has 2 atom stereocenters. The fourth-order valence-electron chi connectivity index (χ4n) is 3.37. The molecule has 0 spiro atoms. The molecule has 142 valence electrons. The Kier molecular flexibility index (Phi) is 4.96. The van der Waals surface area contributed by atoms with Crippen molar-refractivity contribution >= 4 is 23.2 Å². The Bertz CT molecular complexity index is 856. The molecule has 2 N–H and O–H groups in total. The van der Waals surface area contributed by atoms with Crippen molar-refractivity contribution in [2.45, 2.75) is 39.8 Å². The second-order valence-electron chi connectivity index (χ2n) is 8.19. The van der Waals surface area contributed by atoms with Crippen molar-refractivity contribution in [3.05, 3.63) is 59.7 Å². The van der Waals surface area contributed by atoms with E-state index in [1.165, 1.54) is 0 Å². The summed E-state index contributed by atoms with van der Waals surface area (Å²) in [6.07, 6.45) is 0. The Hall–Kier alpha value is -2.82. The van der Waals surface area contributed by atoms with E-state index in [0.717, 1.165) is 11.3 Å². The molecule has 5 heteroatoms. The lowest BCUT2D eigenvalue weighted by molar-refractivity contribution is -0.117. The molecule has 0 unspecified atom stereocenters. The van der Waals surface area contributed by atoms with Gasteiger partial charge in [0.05, 0.1) is 17.4 Å². The molecule has 0 aromatic heterocycles. The number of amides is 2. The maximum Gasteiger partial charge on any atom is 0.251 e. The van der Waals surface area contributed by atoms with Gasteiger partial charge >= 0.3 is 0 Å². The fourth-order valence-corrected chi connectivity index (χ4v) is 3.37. The molecule has 2 aromatic carbocycles. The van der Waals surface area contributed by atoms with Gasteiger partial charge in [0.2, 0.25) is 5.91 Å². The Labute approximate surface area is 160 Å². The molecule has 2 amide bonds. The molecule has 0 fully saturated rings. The first-order chi connectivity index (χ1) is 12.7. The van der Waals surface area contributed by atoms with Gasteiger partial charge < -0.3 is 15.5 Å². The van der Waals surface area contributed by atoms with Crippen molar-refractivity contribution in [3.8, 4) is 0 Å². The minimum Gasteiger partial charge on any atom is -0.361 e. The first-order valence-corrected chi connectivity index (χ1v) is 9.22. The van der Waals surface area contributed by atoms with Crippen molar-refractivity contribution in [2.75, 3.05) is 17.3 Å². The smallest absolute Gasteiger partial charge is 0.251 e. The molecule has 0 aliphatic carbocycles. The normalized spacial score (nSPS) is 17.7. The lowest BCUT2D eigenvalue weighted by atomic mass is 9.82. The molecule has 0 bridgehead atoms. The number of carbonyl (C=O) groups excluding carboxylic acids is 2. The molecule has 1 heterocycles. The number of carbonyl (C=O) groups is 2.